The minimum absolute atomic E-state index is 1.02. The highest BCUT2D eigenvalue weighted by Crippen LogP contribution is 2.25. The van der Waals surface area contributed by atoms with Crippen LogP contribution in [-0.4, -0.2) is 35.6 Å². The average molecular weight is 284 g/mol. The molecular weight excluding hydrogens is 268 g/mol. The Hall–Kier alpha value is -1.85. The van der Waals surface area contributed by atoms with Gasteiger partial charge in [-0.15, -0.1) is 11.3 Å². The van der Waals surface area contributed by atoms with Gasteiger partial charge in [-0.2, -0.15) is 0 Å². The van der Waals surface area contributed by atoms with Gasteiger partial charge in [0.25, 0.3) is 0 Å². The summed E-state index contributed by atoms with van der Waals surface area (Å²) in [5.41, 5.74) is 3.34. The third-order valence-corrected chi connectivity index (χ3v) is 4.59. The van der Waals surface area contributed by atoms with Crippen molar-refractivity contribution in [2.75, 3.05) is 31.1 Å². The number of nitrogens with zero attached hydrogens (tertiary/aromatic N) is 3. The van der Waals surface area contributed by atoms with Crippen molar-refractivity contribution in [3.8, 4) is 10.6 Å². The lowest BCUT2D eigenvalue weighted by Gasteiger charge is -2.29. The summed E-state index contributed by atoms with van der Waals surface area (Å²) in [7, 11) is 0. The van der Waals surface area contributed by atoms with Gasteiger partial charge in [0.05, 0.1) is 10.6 Å². The van der Waals surface area contributed by atoms with Gasteiger partial charge in [-0.3, -0.25) is 0 Å². The summed E-state index contributed by atoms with van der Waals surface area (Å²) < 4.78 is 2.10. The second kappa shape index (κ2) is 4.92. The second-order valence-electron chi connectivity index (χ2n) is 4.99. The first-order valence-electron chi connectivity index (χ1n) is 6.88. The monoisotopic (exact) mass is 284 g/mol. The van der Waals surface area contributed by atoms with Crippen molar-refractivity contribution in [1.82, 2.24) is 14.7 Å². The van der Waals surface area contributed by atoms with Gasteiger partial charge in [0.1, 0.15) is 5.65 Å². The number of pyridine rings is 1. The van der Waals surface area contributed by atoms with Gasteiger partial charge in [0, 0.05) is 50.3 Å². The fourth-order valence-electron chi connectivity index (χ4n) is 2.63. The van der Waals surface area contributed by atoms with E-state index in [0.29, 0.717) is 0 Å². The number of nitrogens with one attached hydrogen (secondary N) is 1. The molecule has 0 atom stereocenters. The summed E-state index contributed by atoms with van der Waals surface area (Å²) in [5.74, 6) is 0. The Balaban J connectivity index is 1.72. The molecule has 3 aromatic heterocycles. The quantitative estimate of drug-likeness (QED) is 0.784. The van der Waals surface area contributed by atoms with Gasteiger partial charge < -0.3 is 14.6 Å². The van der Waals surface area contributed by atoms with Crippen molar-refractivity contribution >= 4 is 22.7 Å². The topological polar surface area (TPSA) is 32.6 Å². The van der Waals surface area contributed by atoms with E-state index in [1.54, 1.807) is 11.3 Å². The fraction of sp³-hybridized carbons (Fsp3) is 0.267. The third kappa shape index (κ3) is 2.09. The molecule has 0 aliphatic carbocycles. The summed E-state index contributed by atoms with van der Waals surface area (Å²) in [6.45, 7) is 4.24. The van der Waals surface area contributed by atoms with E-state index in [2.05, 4.69) is 56.7 Å². The molecule has 0 amide bonds. The maximum atomic E-state index is 4.74. The minimum Gasteiger partial charge on any atom is -0.369 e. The fourth-order valence-corrected chi connectivity index (χ4v) is 3.31. The van der Waals surface area contributed by atoms with Crippen LogP contribution in [0.15, 0.2) is 42.0 Å². The summed E-state index contributed by atoms with van der Waals surface area (Å²) in [5, 5.41) is 5.47. The second-order valence-corrected chi connectivity index (χ2v) is 5.94. The van der Waals surface area contributed by atoms with E-state index in [1.807, 2.05) is 0 Å². The molecule has 1 fully saturated rings. The highest BCUT2D eigenvalue weighted by Gasteiger charge is 2.12. The Labute approximate surface area is 121 Å². The molecule has 1 saturated heterocycles. The predicted octanol–water partition coefficient (Wildman–Crippen LogP) is 2.47. The molecule has 4 rings (SSSR count). The molecule has 5 heteroatoms. The summed E-state index contributed by atoms with van der Waals surface area (Å²) in [6, 6.07) is 8.54. The highest BCUT2D eigenvalue weighted by molar-refractivity contribution is 7.13. The molecule has 0 unspecified atom stereocenters. The first-order valence-corrected chi connectivity index (χ1v) is 7.76. The lowest BCUT2D eigenvalue weighted by Crippen LogP contribution is -2.43. The van der Waals surface area contributed by atoms with Crippen LogP contribution >= 0.6 is 11.3 Å². The van der Waals surface area contributed by atoms with Gasteiger partial charge in [-0.25, -0.2) is 4.98 Å². The van der Waals surface area contributed by atoms with E-state index >= 15 is 0 Å². The zero-order valence-corrected chi connectivity index (χ0v) is 11.9. The summed E-state index contributed by atoms with van der Waals surface area (Å²) >= 11 is 1.73. The minimum atomic E-state index is 1.02. The highest BCUT2D eigenvalue weighted by atomic mass is 32.1. The molecule has 0 spiro atoms. The molecule has 1 N–H and O–H groups in total. The van der Waals surface area contributed by atoms with E-state index in [4.69, 9.17) is 4.98 Å². The zero-order valence-electron chi connectivity index (χ0n) is 11.1. The van der Waals surface area contributed by atoms with Crippen molar-refractivity contribution < 1.29 is 0 Å². The third-order valence-electron chi connectivity index (χ3n) is 3.70. The average Bonchev–Trinajstić information content (AvgIpc) is 3.16. The number of imidazole rings is 1. The molecule has 0 aromatic carbocycles. The Morgan fingerprint density at radius 3 is 2.90 bits per heavy atom. The molecule has 1 aliphatic heterocycles. The van der Waals surface area contributed by atoms with Gasteiger partial charge >= 0.3 is 0 Å². The maximum absolute atomic E-state index is 4.74. The van der Waals surface area contributed by atoms with Crippen molar-refractivity contribution in [3.63, 3.8) is 0 Å². The number of aromatic nitrogens is 2. The van der Waals surface area contributed by atoms with Gasteiger partial charge in [-0.1, -0.05) is 6.07 Å². The van der Waals surface area contributed by atoms with Gasteiger partial charge in [0.15, 0.2) is 0 Å². The Kier molecular flexibility index (Phi) is 2.94. The van der Waals surface area contributed by atoms with E-state index in [9.17, 15) is 0 Å². The van der Waals surface area contributed by atoms with Crippen LogP contribution in [0, 0.1) is 0 Å². The predicted molar refractivity (Wildman–Crippen MR) is 83.6 cm³/mol. The Bertz CT molecular complexity index is 711. The molecule has 0 saturated carbocycles. The Morgan fingerprint density at radius 2 is 2.10 bits per heavy atom. The van der Waals surface area contributed by atoms with Crippen LogP contribution in [0.3, 0.4) is 0 Å². The van der Waals surface area contributed by atoms with Crippen LogP contribution in [0.5, 0.6) is 0 Å². The normalized spacial score (nSPS) is 15.9. The number of hydrogen-bond donors (Lipinski definition) is 1. The molecule has 20 heavy (non-hydrogen) atoms. The number of anilines is 1. The number of fused-ring (bicyclic) bond motifs is 1. The summed E-state index contributed by atoms with van der Waals surface area (Å²) in [4.78, 5) is 8.37. The number of hydrogen-bond acceptors (Lipinski definition) is 4. The number of piperazine rings is 1. The first kappa shape index (κ1) is 11.9. The van der Waals surface area contributed by atoms with Crippen LogP contribution < -0.4 is 10.2 Å². The van der Waals surface area contributed by atoms with E-state index in [0.717, 1.165) is 37.5 Å². The summed E-state index contributed by atoms with van der Waals surface area (Å²) in [6.07, 6.45) is 4.21. The molecule has 102 valence electrons. The smallest absolute Gasteiger partial charge is 0.139 e. The maximum Gasteiger partial charge on any atom is 0.139 e. The SMILES string of the molecule is c1csc(-c2cn3ccc(N4CCNCC4)cc3n2)c1. The lowest BCUT2D eigenvalue weighted by atomic mass is 10.3. The van der Waals surface area contributed by atoms with Crippen LogP contribution in [-0.2, 0) is 0 Å². The molecule has 4 nitrogen and oxygen atoms in total. The van der Waals surface area contributed by atoms with Gasteiger partial charge in [0.2, 0.25) is 0 Å². The Morgan fingerprint density at radius 1 is 1.20 bits per heavy atom. The van der Waals surface area contributed by atoms with Crippen LogP contribution in [0.4, 0.5) is 5.69 Å². The standard InChI is InChI=1S/C15H16N4S/c1-2-14(20-9-1)13-11-19-6-3-12(10-15(19)17-13)18-7-4-16-5-8-18/h1-3,6,9-11,16H,4-5,7-8H2. The van der Waals surface area contributed by atoms with E-state index < -0.39 is 0 Å². The van der Waals surface area contributed by atoms with Crippen LogP contribution in [0.1, 0.15) is 0 Å². The van der Waals surface area contributed by atoms with Crippen molar-refractivity contribution in [3.05, 3.63) is 42.0 Å². The molecule has 3 aromatic rings. The van der Waals surface area contributed by atoms with E-state index in [-0.39, 0.29) is 0 Å². The van der Waals surface area contributed by atoms with Gasteiger partial charge in [-0.05, 0) is 17.5 Å². The molecular formula is C15H16N4S. The molecule has 0 bridgehead atoms. The van der Waals surface area contributed by atoms with Crippen molar-refractivity contribution in [1.29, 1.82) is 0 Å². The molecule has 4 heterocycles. The van der Waals surface area contributed by atoms with Crippen LogP contribution in [0.2, 0.25) is 0 Å². The first-order chi connectivity index (χ1) is 9.90. The number of rotatable bonds is 2. The van der Waals surface area contributed by atoms with Crippen molar-refractivity contribution in [2.45, 2.75) is 0 Å². The van der Waals surface area contributed by atoms with Crippen LogP contribution in [0.25, 0.3) is 16.2 Å². The molecule has 0 radical (unpaired) electrons. The lowest BCUT2D eigenvalue weighted by molar-refractivity contribution is 0.589. The van der Waals surface area contributed by atoms with Crippen molar-refractivity contribution in [2.24, 2.45) is 0 Å². The number of thiophene rings is 1. The molecule has 1 aliphatic rings. The van der Waals surface area contributed by atoms with E-state index in [1.165, 1.54) is 10.6 Å². The zero-order chi connectivity index (χ0) is 13.4. The largest absolute Gasteiger partial charge is 0.369 e.